The fraction of sp³-hybridized carbons (Fsp3) is 0.381. The van der Waals surface area contributed by atoms with Crippen LogP contribution in [0.15, 0.2) is 42.5 Å². The van der Waals surface area contributed by atoms with E-state index < -0.39 is 11.7 Å². The average Bonchev–Trinajstić information content (AvgIpc) is 2.57. The van der Waals surface area contributed by atoms with Gasteiger partial charge in [0.05, 0.1) is 6.54 Å². The van der Waals surface area contributed by atoms with Crippen molar-refractivity contribution >= 4 is 6.09 Å². The van der Waals surface area contributed by atoms with Gasteiger partial charge in [0.2, 0.25) is 0 Å². The number of carbonyl (C=O) groups excluding carboxylic acids is 1. The molecule has 0 aliphatic carbocycles. The molecule has 0 atom stereocenters. The fourth-order valence-electron chi connectivity index (χ4n) is 2.52. The summed E-state index contributed by atoms with van der Waals surface area (Å²) in [6.07, 6.45) is -0.476. The summed E-state index contributed by atoms with van der Waals surface area (Å²) in [5.41, 5.74) is 2.14. The Labute approximate surface area is 159 Å². The molecule has 2 aromatic carbocycles. The number of nitrogens with one attached hydrogen (secondary N) is 2. The number of hydrogen-bond acceptors (Lipinski definition) is 4. The van der Waals surface area contributed by atoms with Gasteiger partial charge in [-0.25, -0.2) is 9.18 Å². The number of benzene rings is 2. The van der Waals surface area contributed by atoms with Crippen molar-refractivity contribution in [2.24, 2.45) is 0 Å². The monoisotopic (exact) mass is 374 g/mol. The second-order valence-electron chi connectivity index (χ2n) is 7.18. The molecule has 0 aliphatic heterocycles. The first kappa shape index (κ1) is 20.7. The second kappa shape index (κ2) is 9.37. The third kappa shape index (κ3) is 7.27. The zero-order chi connectivity index (χ0) is 19.9. The van der Waals surface area contributed by atoms with E-state index in [-0.39, 0.29) is 5.82 Å². The Kier molecular flexibility index (Phi) is 7.19. The summed E-state index contributed by atoms with van der Waals surface area (Å²) in [5, 5.41) is 5.76. The maximum absolute atomic E-state index is 13.5. The first-order chi connectivity index (χ1) is 12.8. The van der Waals surface area contributed by atoms with Gasteiger partial charge in [0.1, 0.15) is 23.8 Å². The largest absolute Gasteiger partial charge is 0.492 e. The molecule has 0 spiro atoms. The van der Waals surface area contributed by atoms with E-state index in [2.05, 4.69) is 10.6 Å². The Hall–Kier alpha value is -2.60. The Morgan fingerprint density at radius 1 is 1.11 bits per heavy atom. The quantitative estimate of drug-likeness (QED) is 0.716. The number of alkyl carbamates (subject to hydrolysis) is 1. The predicted octanol–water partition coefficient (Wildman–Crippen LogP) is 4.12. The van der Waals surface area contributed by atoms with E-state index in [0.717, 1.165) is 16.7 Å². The van der Waals surface area contributed by atoms with Crippen LogP contribution in [0.1, 0.15) is 26.3 Å². The van der Waals surface area contributed by atoms with Crippen LogP contribution in [0.2, 0.25) is 0 Å². The summed E-state index contributed by atoms with van der Waals surface area (Å²) >= 11 is 0. The van der Waals surface area contributed by atoms with Gasteiger partial charge < -0.3 is 20.1 Å². The molecule has 146 valence electrons. The van der Waals surface area contributed by atoms with Crippen LogP contribution in [0.25, 0.3) is 11.1 Å². The molecular formula is C21H27FN2O3. The van der Waals surface area contributed by atoms with Crippen LogP contribution >= 0.6 is 0 Å². The molecule has 0 aromatic heterocycles. The highest BCUT2D eigenvalue weighted by atomic mass is 19.1. The summed E-state index contributed by atoms with van der Waals surface area (Å²) in [5.74, 6) is 0.378. The first-order valence-corrected chi connectivity index (χ1v) is 8.91. The van der Waals surface area contributed by atoms with Gasteiger partial charge in [-0.3, -0.25) is 0 Å². The van der Waals surface area contributed by atoms with Crippen molar-refractivity contribution in [1.82, 2.24) is 10.6 Å². The van der Waals surface area contributed by atoms with Gasteiger partial charge in [0, 0.05) is 6.54 Å². The molecule has 0 fully saturated rings. The minimum absolute atomic E-state index is 0.282. The van der Waals surface area contributed by atoms with Crippen LogP contribution in [-0.2, 0) is 11.3 Å². The van der Waals surface area contributed by atoms with Gasteiger partial charge in [-0.05, 0) is 74.8 Å². The van der Waals surface area contributed by atoms with Crippen molar-refractivity contribution in [2.75, 3.05) is 20.2 Å². The van der Waals surface area contributed by atoms with Gasteiger partial charge in [0.25, 0.3) is 0 Å². The topological polar surface area (TPSA) is 59.6 Å². The minimum atomic E-state index is -0.535. The summed E-state index contributed by atoms with van der Waals surface area (Å²) < 4.78 is 24.5. The van der Waals surface area contributed by atoms with Crippen molar-refractivity contribution in [3.8, 4) is 16.9 Å². The van der Waals surface area contributed by atoms with E-state index in [1.807, 2.05) is 52.1 Å². The van der Waals surface area contributed by atoms with E-state index in [0.29, 0.717) is 25.4 Å². The van der Waals surface area contributed by atoms with Crippen LogP contribution in [-0.4, -0.2) is 31.9 Å². The Balaban J connectivity index is 2.02. The lowest BCUT2D eigenvalue weighted by atomic mass is 10.0. The molecule has 0 radical (unpaired) electrons. The summed E-state index contributed by atoms with van der Waals surface area (Å²) in [6, 6.07) is 12.2. The highest BCUT2D eigenvalue weighted by Crippen LogP contribution is 2.27. The van der Waals surface area contributed by atoms with Gasteiger partial charge in [-0.1, -0.05) is 12.1 Å². The molecule has 2 rings (SSSR count). The Morgan fingerprint density at radius 3 is 2.56 bits per heavy atom. The van der Waals surface area contributed by atoms with Crippen LogP contribution < -0.4 is 15.4 Å². The second-order valence-corrected chi connectivity index (χ2v) is 7.18. The Bertz CT molecular complexity index is 772. The molecule has 0 heterocycles. The number of rotatable bonds is 7. The molecule has 6 heteroatoms. The molecule has 0 unspecified atom stereocenters. The van der Waals surface area contributed by atoms with Gasteiger partial charge in [-0.15, -0.1) is 0 Å². The molecule has 0 saturated carbocycles. The van der Waals surface area contributed by atoms with Gasteiger partial charge in [-0.2, -0.15) is 0 Å². The normalized spacial score (nSPS) is 11.1. The molecule has 2 aromatic rings. The number of amides is 1. The molecule has 1 amide bonds. The third-order valence-corrected chi connectivity index (χ3v) is 3.54. The van der Waals surface area contributed by atoms with Crippen LogP contribution in [0.3, 0.4) is 0 Å². The highest BCUT2D eigenvalue weighted by molar-refractivity contribution is 5.67. The number of carbonyl (C=O) groups is 1. The zero-order valence-corrected chi connectivity index (χ0v) is 16.3. The third-order valence-electron chi connectivity index (χ3n) is 3.54. The minimum Gasteiger partial charge on any atom is -0.492 e. The molecule has 2 N–H and O–H groups in total. The molecule has 5 nitrogen and oxygen atoms in total. The van der Waals surface area contributed by atoms with Crippen LogP contribution in [0.4, 0.5) is 9.18 Å². The lowest BCUT2D eigenvalue weighted by Crippen LogP contribution is -2.34. The number of hydrogen-bond donors (Lipinski definition) is 2. The van der Waals surface area contributed by atoms with E-state index in [1.54, 1.807) is 6.07 Å². The highest BCUT2D eigenvalue weighted by Gasteiger charge is 2.15. The van der Waals surface area contributed by atoms with Crippen molar-refractivity contribution < 1.29 is 18.7 Å². The van der Waals surface area contributed by atoms with E-state index >= 15 is 0 Å². The van der Waals surface area contributed by atoms with E-state index in [1.165, 1.54) is 12.1 Å². The molecular weight excluding hydrogens is 347 g/mol. The predicted molar refractivity (Wildman–Crippen MR) is 104 cm³/mol. The molecule has 0 saturated heterocycles. The van der Waals surface area contributed by atoms with E-state index in [4.69, 9.17) is 9.47 Å². The van der Waals surface area contributed by atoms with E-state index in [9.17, 15) is 9.18 Å². The van der Waals surface area contributed by atoms with Crippen molar-refractivity contribution in [1.29, 1.82) is 0 Å². The first-order valence-electron chi connectivity index (χ1n) is 8.91. The summed E-state index contributed by atoms with van der Waals surface area (Å²) in [4.78, 5) is 11.6. The SMILES string of the molecule is CNCc1cc(OCCNC(=O)OC(C)(C)C)cc(-c2cccc(F)c2)c1. The average molecular weight is 374 g/mol. The van der Waals surface area contributed by atoms with Gasteiger partial charge >= 0.3 is 6.09 Å². The molecule has 0 bridgehead atoms. The van der Waals surface area contributed by atoms with Crippen molar-refractivity contribution in [2.45, 2.75) is 32.9 Å². The Morgan fingerprint density at radius 2 is 1.89 bits per heavy atom. The van der Waals surface area contributed by atoms with Crippen molar-refractivity contribution in [3.05, 3.63) is 53.8 Å². The number of halogens is 1. The molecule has 0 aliphatic rings. The lowest BCUT2D eigenvalue weighted by molar-refractivity contribution is 0.0520. The summed E-state index contributed by atoms with van der Waals surface area (Å²) in [6.45, 7) is 6.71. The van der Waals surface area contributed by atoms with Gasteiger partial charge in [0.15, 0.2) is 0 Å². The van der Waals surface area contributed by atoms with Crippen molar-refractivity contribution in [3.63, 3.8) is 0 Å². The number of ether oxygens (including phenoxy) is 2. The maximum Gasteiger partial charge on any atom is 0.407 e. The smallest absolute Gasteiger partial charge is 0.407 e. The van der Waals surface area contributed by atoms with Crippen LogP contribution in [0.5, 0.6) is 5.75 Å². The maximum atomic E-state index is 13.5. The molecule has 27 heavy (non-hydrogen) atoms. The standard InChI is InChI=1S/C21H27FN2O3/c1-21(2,3)27-20(25)24-8-9-26-19-11-15(14-23-4)10-17(13-19)16-6-5-7-18(22)12-16/h5-7,10-13,23H,8-9,14H2,1-4H3,(H,24,25). The summed E-state index contributed by atoms with van der Waals surface area (Å²) in [7, 11) is 1.86. The zero-order valence-electron chi connectivity index (χ0n) is 16.3. The van der Waals surface area contributed by atoms with Crippen LogP contribution in [0, 0.1) is 5.82 Å². The lowest BCUT2D eigenvalue weighted by Gasteiger charge is -2.19. The fourth-order valence-corrected chi connectivity index (χ4v) is 2.52.